The number of pyridine rings is 1. The van der Waals surface area contributed by atoms with Crippen molar-refractivity contribution in [3.05, 3.63) is 24.5 Å². The number of hydrogen-bond acceptors (Lipinski definition) is 4. The van der Waals surface area contributed by atoms with Crippen LogP contribution in [0.5, 0.6) is 0 Å². The summed E-state index contributed by atoms with van der Waals surface area (Å²) in [7, 11) is 0. The number of rotatable bonds is 7. The highest BCUT2D eigenvalue weighted by molar-refractivity contribution is 6.39. The molecule has 1 aromatic rings. The van der Waals surface area contributed by atoms with Crippen LogP contribution in [0.15, 0.2) is 24.5 Å². The average molecular weight is 317 g/mol. The van der Waals surface area contributed by atoms with E-state index in [9.17, 15) is 14.4 Å². The Morgan fingerprint density at radius 1 is 1.30 bits per heavy atom. The lowest BCUT2D eigenvalue weighted by Crippen LogP contribution is -2.46. The summed E-state index contributed by atoms with van der Waals surface area (Å²) in [5.41, 5.74) is 0.538. The van der Waals surface area contributed by atoms with E-state index in [0.29, 0.717) is 24.6 Å². The summed E-state index contributed by atoms with van der Waals surface area (Å²) in [4.78, 5) is 40.7. The fourth-order valence-corrected chi connectivity index (χ4v) is 2.92. The molecule has 0 radical (unpaired) electrons. The maximum Gasteiger partial charge on any atom is 0.289 e. The van der Waals surface area contributed by atoms with Gasteiger partial charge in [0, 0.05) is 24.6 Å². The minimum atomic E-state index is -0.846. The largest absolute Gasteiger partial charge is 0.349 e. The van der Waals surface area contributed by atoms with Crippen LogP contribution in [-0.2, 0) is 14.4 Å². The molecule has 6 heteroatoms. The zero-order valence-electron chi connectivity index (χ0n) is 13.4. The molecule has 1 aliphatic carbocycles. The molecular formula is C17H23N3O3. The first-order valence-electron chi connectivity index (χ1n) is 8.09. The van der Waals surface area contributed by atoms with Crippen LogP contribution in [0.25, 0.3) is 0 Å². The molecule has 1 aliphatic rings. The van der Waals surface area contributed by atoms with E-state index in [0.717, 1.165) is 12.8 Å². The van der Waals surface area contributed by atoms with E-state index in [4.69, 9.17) is 0 Å². The van der Waals surface area contributed by atoms with Crippen LogP contribution in [0.1, 0.15) is 39.0 Å². The molecule has 23 heavy (non-hydrogen) atoms. The number of aromatic nitrogens is 1. The lowest BCUT2D eigenvalue weighted by Gasteiger charge is -2.24. The van der Waals surface area contributed by atoms with Crippen LogP contribution >= 0.6 is 0 Å². The lowest BCUT2D eigenvalue weighted by atomic mass is 9.89. The van der Waals surface area contributed by atoms with E-state index in [-0.39, 0.29) is 0 Å². The summed E-state index contributed by atoms with van der Waals surface area (Å²) < 4.78 is 0. The molecule has 2 rings (SSSR count). The number of anilines is 1. The van der Waals surface area contributed by atoms with Gasteiger partial charge in [-0.2, -0.15) is 0 Å². The van der Waals surface area contributed by atoms with Crippen molar-refractivity contribution < 1.29 is 14.4 Å². The van der Waals surface area contributed by atoms with Crippen molar-refractivity contribution in [2.45, 2.75) is 45.1 Å². The van der Waals surface area contributed by atoms with Crippen LogP contribution in [-0.4, -0.2) is 35.7 Å². The molecule has 0 bridgehead atoms. The molecule has 2 amide bonds. The molecule has 1 aromatic heterocycles. The summed E-state index contributed by atoms with van der Waals surface area (Å²) in [6.07, 6.45) is 9.45. The van der Waals surface area contributed by atoms with E-state index < -0.39 is 17.7 Å². The fourth-order valence-electron chi connectivity index (χ4n) is 2.92. The second kappa shape index (κ2) is 8.41. The van der Waals surface area contributed by atoms with Crippen LogP contribution in [0, 0.1) is 5.92 Å². The molecule has 0 aromatic carbocycles. The van der Waals surface area contributed by atoms with Crippen LogP contribution in [0.2, 0.25) is 0 Å². The second-order valence-corrected chi connectivity index (χ2v) is 5.97. The van der Waals surface area contributed by atoms with Gasteiger partial charge in [-0.1, -0.05) is 19.3 Å². The summed E-state index contributed by atoms with van der Waals surface area (Å²) in [5.74, 6) is -0.771. The van der Waals surface area contributed by atoms with E-state index >= 15 is 0 Å². The number of nitrogens with zero attached hydrogens (tertiary/aromatic N) is 2. The van der Waals surface area contributed by atoms with Crippen molar-refractivity contribution in [1.29, 1.82) is 0 Å². The monoisotopic (exact) mass is 317 g/mol. The topological polar surface area (TPSA) is 79.4 Å². The average Bonchev–Trinajstić information content (AvgIpc) is 2.61. The van der Waals surface area contributed by atoms with Crippen molar-refractivity contribution in [2.24, 2.45) is 5.92 Å². The van der Waals surface area contributed by atoms with Gasteiger partial charge in [0.1, 0.15) is 6.04 Å². The Balaban J connectivity index is 1.91. The number of amides is 2. The molecule has 0 saturated heterocycles. The molecule has 6 nitrogen and oxygen atoms in total. The molecule has 0 spiro atoms. The molecule has 1 saturated carbocycles. The Kier molecular flexibility index (Phi) is 6.26. The number of carbonyl (C=O) groups is 3. The third kappa shape index (κ3) is 4.61. The molecule has 1 N–H and O–H groups in total. The first kappa shape index (κ1) is 17.1. The summed E-state index contributed by atoms with van der Waals surface area (Å²) >= 11 is 0. The Morgan fingerprint density at radius 3 is 2.57 bits per heavy atom. The SMILES string of the molecule is CC(C(=O)C(=O)NCC1CCCCC1)N(C=O)c1ccncc1. The zero-order valence-corrected chi connectivity index (χ0v) is 13.4. The normalized spacial score (nSPS) is 16.4. The van der Waals surface area contributed by atoms with Gasteiger partial charge in [0.25, 0.3) is 5.91 Å². The van der Waals surface area contributed by atoms with E-state index in [1.807, 2.05) is 0 Å². The van der Waals surface area contributed by atoms with Gasteiger partial charge in [0.05, 0.1) is 0 Å². The van der Waals surface area contributed by atoms with Crippen molar-refractivity contribution in [3.63, 3.8) is 0 Å². The highest BCUT2D eigenvalue weighted by atomic mass is 16.2. The second-order valence-electron chi connectivity index (χ2n) is 5.97. The van der Waals surface area contributed by atoms with E-state index in [2.05, 4.69) is 10.3 Å². The van der Waals surface area contributed by atoms with E-state index in [1.165, 1.54) is 36.6 Å². The zero-order chi connectivity index (χ0) is 16.7. The molecule has 1 heterocycles. The van der Waals surface area contributed by atoms with Gasteiger partial charge in [0.2, 0.25) is 12.2 Å². The Hall–Kier alpha value is -2.24. The van der Waals surface area contributed by atoms with Crippen molar-refractivity contribution >= 4 is 23.8 Å². The Morgan fingerprint density at radius 2 is 1.96 bits per heavy atom. The standard InChI is InChI=1S/C17H23N3O3/c1-13(20(12-21)15-7-9-18-10-8-15)16(22)17(23)19-11-14-5-3-2-4-6-14/h7-10,12-14H,2-6,11H2,1H3,(H,19,23). The predicted octanol–water partition coefficient (Wildman–Crippen LogP) is 1.70. The van der Waals surface area contributed by atoms with Gasteiger partial charge in [-0.05, 0) is 37.8 Å². The molecule has 1 unspecified atom stereocenters. The highest BCUT2D eigenvalue weighted by Gasteiger charge is 2.27. The van der Waals surface area contributed by atoms with Crippen LogP contribution < -0.4 is 10.2 Å². The van der Waals surface area contributed by atoms with E-state index in [1.54, 1.807) is 19.1 Å². The maximum atomic E-state index is 12.3. The van der Waals surface area contributed by atoms with Gasteiger partial charge in [-0.3, -0.25) is 19.4 Å². The minimum Gasteiger partial charge on any atom is -0.349 e. The third-order valence-corrected chi connectivity index (χ3v) is 4.37. The number of ketones is 1. The number of hydrogen-bond donors (Lipinski definition) is 1. The smallest absolute Gasteiger partial charge is 0.289 e. The molecule has 0 aliphatic heterocycles. The first-order valence-corrected chi connectivity index (χ1v) is 8.09. The van der Waals surface area contributed by atoms with Gasteiger partial charge < -0.3 is 10.2 Å². The Bertz CT molecular complexity index is 541. The number of carbonyl (C=O) groups excluding carboxylic acids is 3. The molecular weight excluding hydrogens is 294 g/mol. The molecule has 124 valence electrons. The van der Waals surface area contributed by atoms with Gasteiger partial charge in [-0.15, -0.1) is 0 Å². The maximum absolute atomic E-state index is 12.3. The van der Waals surface area contributed by atoms with Gasteiger partial charge in [-0.25, -0.2) is 0 Å². The summed E-state index contributed by atoms with van der Waals surface area (Å²) in [6.45, 7) is 2.09. The highest BCUT2D eigenvalue weighted by Crippen LogP contribution is 2.22. The van der Waals surface area contributed by atoms with Crippen molar-refractivity contribution in [3.8, 4) is 0 Å². The summed E-state index contributed by atoms with van der Waals surface area (Å²) in [6, 6.07) is 2.40. The van der Waals surface area contributed by atoms with Gasteiger partial charge >= 0.3 is 0 Å². The van der Waals surface area contributed by atoms with Crippen LogP contribution in [0.4, 0.5) is 5.69 Å². The first-order chi connectivity index (χ1) is 11.1. The molecule has 1 fully saturated rings. The van der Waals surface area contributed by atoms with Crippen LogP contribution in [0.3, 0.4) is 0 Å². The lowest BCUT2D eigenvalue weighted by molar-refractivity contribution is -0.138. The minimum absolute atomic E-state index is 0.457. The third-order valence-electron chi connectivity index (χ3n) is 4.37. The number of Topliss-reactive ketones (excluding diaryl/α,β-unsaturated/α-hetero) is 1. The molecule has 1 atom stereocenters. The summed E-state index contributed by atoms with van der Waals surface area (Å²) in [5, 5.41) is 2.72. The number of nitrogens with one attached hydrogen (secondary N) is 1. The van der Waals surface area contributed by atoms with Crippen molar-refractivity contribution in [1.82, 2.24) is 10.3 Å². The van der Waals surface area contributed by atoms with Crippen molar-refractivity contribution in [2.75, 3.05) is 11.4 Å². The predicted molar refractivity (Wildman–Crippen MR) is 86.8 cm³/mol. The van der Waals surface area contributed by atoms with Gasteiger partial charge in [0.15, 0.2) is 0 Å². The fraction of sp³-hybridized carbons (Fsp3) is 0.529. The quantitative estimate of drug-likeness (QED) is 0.613. The Labute approximate surface area is 136 Å².